The molecule has 1 aromatic rings. The summed E-state index contributed by atoms with van der Waals surface area (Å²) in [6, 6.07) is 2.49. The number of hydrogen-bond donors (Lipinski definition) is 2. The molecule has 1 spiro atoms. The molecule has 170 valence electrons. The van der Waals surface area contributed by atoms with E-state index in [1.165, 1.54) is 6.07 Å². The van der Waals surface area contributed by atoms with Gasteiger partial charge in [-0.1, -0.05) is 0 Å². The number of nitrogens with zero attached hydrogens (tertiary/aromatic N) is 3. The first kappa shape index (κ1) is 21.7. The Hall–Kier alpha value is -2.52. The third-order valence-corrected chi connectivity index (χ3v) is 6.99. The molecule has 1 aliphatic carbocycles. The van der Waals surface area contributed by atoms with Gasteiger partial charge in [-0.2, -0.15) is 13.2 Å². The second-order valence-electron chi connectivity index (χ2n) is 8.91. The molecule has 4 rings (SSSR count). The van der Waals surface area contributed by atoms with Gasteiger partial charge in [-0.15, -0.1) is 0 Å². The van der Waals surface area contributed by atoms with Crippen LogP contribution < -0.4 is 10.2 Å². The van der Waals surface area contributed by atoms with E-state index in [0.717, 1.165) is 57.2 Å². The topological polar surface area (TPSA) is 85.8 Å². The number of rotatable bonds is 3. The summed E-state index contributed by atoms with van der Waals surface area (Å²) < 4.78 is 38.5. The molecular weight excluding hydrogens is 413 g/mol. The number of hydrogen-bond acceptors (Lipinski definition) is 4. The molecule has 3 aliphatic rings. The zero-order chi connectivity index (χ0) is 22.2. The smallest absolute Gasteiger partial charge is 0.417 e. The van der Waals surface area contributed by atoms with Crippen LogP contribution >= 0.6 is 0 Å². The highest BCUT2D eigenvalue weighted by atomic mass is 19.4. The van der Waals surface area contributed by atoms with Crippen LogP contribution in [0.25, 0.3) is 0 Å². The van der Waals surface area contributed by atoms with Gasteiger partial charge in [0.25, 0.3) is 0 Å². The lowest BCUT2D eigenvalue weighted by Crippen LogP contribution is -2.50. The van der Waals surface area contributed by atoms with E-state index in [4.69, 9.17) is 5.11 Å². The Morgan fingerprint density at radius 3 is 2.52 bits per heavy atom. The Balaban J connectivity index is 1.41. The summed E-state index contributed by atoms with van der Waals surface area (Å²) in [6.07, 6.45) is 0.694. The van der Waals surface area contributed by atoms with Crippen LogP contribution in [0.15, 0.2) is 18.3 Å². The molecular formula is C21H27F3N4O3. The Morgan fingerprint density at radius 2 is 1.90 bits per heavy atom. The van der Waals surface area contributed by atoms with E-state index in [1.54, 1.807) is 0 Å². The van der Waals surface area contributed by atoms with Crippen molar-refractivity contribution in [3.8, 4) is 0 Å². The van der Waals surface area contributed by atoms with Gasteiger partial charge in [0.05, 0.1) is 11.0 Å². The SMILES string of the molecule is O=C(O)N[C@H]1CC[C@H](N2CCC3(CCCN(c4ccc(C(F)(F)F)cn4)C3)C2=O)CC1. The number of carbonyl (C=O) groups is 2. The highest BCUT2D eigenvalue weighted by molar-refractivity contribution is 5.86. The van der Waals surface area contributed by atoms with Gasteiger partial charge in [0, 0.05) is 37.9 Å². The molecule has 3 heterocycles. The Kier molecular flexibility index (Phi) is 5.74. The first-order chi connectivity index (χ1) is 14.7. The molecule has 3 fully saturated rings. The predicted molar refractivity (Wildman–Crippen MR) is 107 cm³/mol. The van der Waals surface area contributed by atoms with Crippen LogP contribution in [0.5, 0.6) is 0 Å². The molecule has 10 heteroatoms. The van der Waals surface area contributed by atoms with Crippen molar-refractivity contribution < 1.29 is 27.9 Å². The molecule has 2 aliphatic heterocycles. The normalized spacial score (nSPS) is 29.5. The fourth-order valence-electron chi connectivity index (χ4n) is 5.35. The van der Waals surface area contributed by atoms with Crippen LogP contribution in [0, 0.1) is 5.41 Å². The van der Waals surface area contributed by atoms with Gasteiger partial charge in [0.2, 0.25) is 5.91 Å². The van der Waals surface area contributed by atoms with Gasteiger partial charge in [0.1, 0.15) is 5.82 Å². The predicted octanol–water partition coefficient (Wildman–Crippen LogP) is 3.50. The zero-order valence-electron chi connectivity index (χ0n) is 17.2. The quantitative estimate of drug-likeness (QED) is 0.752. The largest absolute Gasteiger partial charge is 0.465 e. The summed E-state index contributed by atoms with van der Waals surface area (Å²) in [5.74, 6) is 0.595. The van der Waals surface area contributed by atoms with E-state index in [1.807, 2.05) is 9.80 Å². The maximum atomic E-state index is 13.4. The molecule has 2 N–H and O–H groups in total. The van der Waals surface area contributed by atoms with Crippen molar-refractivity contribution in [3.63, 3.8) is 0 Å². The number of carboxylic acid groups (broad SMARTS) is 1. The molecule has 0 radical (unpaired) electrons. The molecule has 1 saturated carbocycles. The third-order valence-electron chi connectivity index (χ3n) is 6.99. The number of alkyl halides is 3. The molecule has 31 heavy (non-hydrogen) atoms. The lowest BCUT2D eigenvalue weighted by atomic mass is 9.78. The summed E-state index contributed by atoms with van der Waals surface area (Å²) in [7, 11) is 0. The van der Waals surface area contributed by atoms with Crippen molar-refractivity contribution in [2.24, 2.45) is 5.41 Å². The highest BCUT2D eigenvalue weighted by Gasteiger charge is 2.51. The Morgan fingerprint density at radius 1 is 1.16 bits per heavy atom. The number of likely N-dealkylation sites (tertiary alicyclic amines) is 1. The van der Waals surface area contributed by atoms with E-state index in [2.05, 4.69) is 10.3 Å². The van der Waals surface area contributed by atoms with Crippen molar-refractivity contribution >= 4 is 17.8 Å². The monoisotopic (exact) mass is 440 g/mol. The van der Waals surface area contributed by atoms with E-state index in [9.17, 15) is 22.8 Å². The van der Waals surface area contributed by atoms with Crippen molar-refractivity contribution in [1.82, 2.24) is 15.2 Å². The average molecular weight is 440 g/mol. The van der Waals surface area contributed by atoms with Crippen molar-refractivity contribution in [2.45, 2.75) is 63.2 Å². The first-order valence-electron chi connectivity index (χ1n) is 10.8. The van der Waals surface area contributed by atoms with Gasteiger partial charge >= 0.3 is 12.3 Å². The fraction of sp³-hybridized carbons (Fsp3) is 0.667. The number of amides is 2. The lowest BCUT2D eigenvalue weighted by molar-refractivity contribution is -0.139. The summed E-state index contributed by atoms with van der Waals surface area (Å²) in [4.78, 5) is 32.2. The van der Waals surface area contributed by atoms with E-state index >= 15 is 0 Å². The van der Waals surface area contributed by atoms with Crippen molar-refractivity contribution in [1.29, 1.82) is 0 Å². The summed E-state index contributed by atoms with van der Waals surface area (Å²) in [5.41, 5.74) is -1.29. The number of halogens is 3. The maximum absolute atomic E-state index is 13.4. The third kappa shape index (κ3) is 4.43. The van der Waals surface area contributed by atoms with Gasteiger partial charge in [-0.05, 0) is 57.1 Å². The first-order valence-corrected chi connectivity index (χ1v) is 10.8. The minimum absolute atomic E-state index is 0.0590. The number of piperidine rings is 1. The van der Waals surface area contributed by atoms with Gasteiger partial charge in [-0.3, -0.25) is 4.79 Å². The number of carbonyl (C=O) groups excluding carboxylic acids is 1. The fourth-order valence-corrected chi connectivity index (χ4v) is 5.35. The Labute approximate surface area is 178 Å². The summed E-state index contributed by atoms with van der Waals surface area (Å²) in [6.45, 7) is 1.81. The standard InChI is InChI=1S/C21H27F3N4O3/c22-21(23,24)14-2-7-17(25-12-14)27-10-1-8-20(13-27)9-11-28(18(20)29)16-5-3-15(4-6-16)26-19(30)31/h2,7,12,15-16,26H,1,3-6,8-11,13H2,(H,30,31)/t15-,16-,20?. The molecule has 1 aromatic heterocycles. The van der Waals surface area contributed by atoms with E-state index < -0.39 is 23.2 Å². The van der Waals surface area contributed by atoms with Crippen molar-refractivity contribution in [3.05, 3.63) is 23.9 Å². The van der Waals surface area contributed by atoms with Crippen LogP contribution in [0.1, 0.15) is 50.5 Å². The lowest BCUT2D eigenvalue weighted by Gasteiger charge is -2.41. The number of anilines is 1. The summed E-state index contributed by atoms with van der Waals surface area (Å²) in [5, 5.41) is 11.4. The Bertz CT molecular complexity index is 824. The van der Waals surface area contributed by atoms with Crippen LogP contribution in [0.4, 0.5) is 23.8 Å². The minimum atomic E-state index is -4.42. The second kappa shape index (κ2) is 8.20. The van der Waals surface area contributed by atoms with Crippen LogP contribution in [-0.4, -0.2) is 58.7 Å². The van der Waals surface area contributed by atoms with E-state index in [-0.39, 0.29) is 18.0 Å². The van der Waals surface area contributed by atoms with Gasteiger partial charge in [0.15, 0.2) is 0 Å². The van der Waals surface area contributed by atoms with Crippen molar-refractivity contribution in [2.75, 3.05) is 24.5 Å². The molecule has 2 saturated heterocycles. The number of pyridine rings is 1. The molecule has 1 atom stereocenters. The van der Waals surface area contributed by atoms with E-state index in [0.29, 0.717) is 25.5 Å². The maximum Gasteiger partial charge on any atom is 0.417 e. The number of aromatic nitrogens is 1. The molecule has 2 amide bonds. The average Bonchev–Trinajstić information content (AvgIpc) is 3.03. The van der Waals surface area contributed by atoms with Crippen LogP contribution in [0.2, 0.25) is 0 Å². The summed E-state index contributed by atoms with van der Waals surface area (Å²) >= 11 is 0. The molecule has 7 nitrogen and oxygen atoms in total. The van der Waals surface area contributed by atoms with Crippen LogP contribution in [0.3, 0.4) is 0 Å². The zero-order valence-corrected chi connectivity index (χ0v) is 17.2. The second-order valence-corrected chi connectivity index (χ2v) is 8.91. The minimum Gasteiger partial charge on any atom is -0.465 e. The highest BCUT2D eigenvalue weighted by Crippen LogP contribution is 2.43. The molecule has 0 aromatic carbocycles. The van der Waals surface area contributed by atoms with Gasteiger partial charge < -0.3 is 20.2 Å². The molecule has 1 unspecified atom stereocenters. The molecule has 0 bridgehead atoms. The van der Waals surface area contributed by atoms with Gasteiger partial charge in [-0.25, -0.2) is 9.78 Å². The number of nitrogens with one attached hydrogen (secondary N) is 1. The van der Waals surface area contributed by atoms with Crippen LogP contribution in [-0.2, 0) is 11.0 Å².